The van der Waals surface area contributed by atoms with Gasteiger partial charge in [0.25, 0.3) is 0 Å². The molecule has 0 aliphatic rings. The van der Waals surface area contributed by atoms with Crippen LogP contribution in [0.2, 0.25) is 0 Å². The van der Waals surface area contributed by atoms with Gasteiger partial charge in [-0.2, -0.15) is 0 Å². The van der Waals surface area contributed by atoms with Crippen LogP contribution >= 0.6 is 0 Å². The highest BCUT2D eigenvalue weighted by atomic mass is 16.5. The van der Waals surface area contributed by atoms with Crippen LogP contribution in [0.25, 0.3) is 0 Å². The zero-order valence-corrected chi connectivity index (χ0v) is 8.87. The van der Waals surface area contributed by atoms with Crippen LogP contribution in [0.5, 0.6) is 11.5 Å². The Balaban J connectivity index is 3.36. The minimum atomic E-state index is -0.524. The fraction of sp³-hybridized carbons (Fsp3) is 0.300. The Morgan fingerprint density at radius 3 is 1.93 bits per heavy atom. The maximum Gasteiger partial charge on any atom is 0.345 e. The van der Waals surface area contributed by atoms with E-state index in [1.54, 1.807) is 0 Å². The Morgan fingerprint density at radius 1 is 1.13 bits per heavy atom. The van der Waals surface area contributed by atoms with Gasteiger partial charge in [-0.3, -0.25) is 0 Å². The van der Waals surface area contributed by atoms with Crippen LogP contribution in [0.1, 0.15) is 10.4 Å². The molecule has 1 aromatic rings. The monoisotopic (exact) mass is 211 g/mol. The number of nitrogen functional groups attached to an aromatic ring is 1. The standard InChI is InChI=1S/C10H13NO4/c1-13-7-4-6(11)5-8(14-2)9(7)10(12)15-3/h4-5H,11H2,1-3H3. The summed E-state index contributed by atoms with van der Waals surface area (Å²) in [6.45, 7) is 0. The largest absolute Gasteiger partial charge is 0.496 e. The Hall–Kier alpha value is -1.91. The number of anilines is 1. The van der Waals surface area contributed by atoms with Gasteiger partial charge in [0.15, 0.2) is 0 Å². The van der Waals surface area contributed by atoms with Crippen molar-refractivity contribution in [2.45, 2.75) is 0 Å². The second-order valence-electron chi connectivity index (χ2n) is 2.79. The third-order valence-corrected chi connectivity index (χ3v) is 1.92. The highest BCUT2D eigenvalue weighted by molar-refractivity contribution is 5.96. The molecular formula is C10H13NO4. The maximum absolute atomic E-state index is 11.5. The van der Waals surface area contributed by atoms with Gasteiger partial charge < -0.3 is 19.9 Å². The van der Waals surface area contributed by atoms with E-state index in [0.717, 1.165) is 0 Å². The highest BCUT2D eigenvalue weighted by Gasteiger charge is 2.19. The van der Waals surface area contributed by atoms with Gasteiger partial charge in [-0.05, 0) is 0 Å². The summed E-state index contributed by atoms with van der Waals surface area (Å²) in [5, 5.41) is 0. The summed E-state index contributed by atoms with van der Waals surface area (Å²) in [4.78, 5) is 11.5. The molecule has 0 spiro atoms. The lowest BCUT2D eigenvalue weighted by Gasteiger charge is -2.12. The molecule has 0 radical (unpaired) electrons. The third-order valence-electron chi connectivity index (χ3n) is 1.92. The van der Waals surface area contributed by atoms with Crippen LogP contribution < -0.4 is 15.2 Å². The molecular weight excluding hydrogens is 198 g/mol. The van der Waals surface area contributed by atoms with E-state index in [4.69, 9.17) is 15.2 Å². The van der Waals surface area contributed by atoms with E-state index in [1.807, 2.05) is 0 Å². The van der Waals surface area contributed by atoms with E-state index in [-0.39, 0.29) is 5.56 Å². The zero-order valence-electron chi connectivity index (χ0n) is 8.87. The molecule has 5 nitrogen and oxygen atoms in total. The lowest BCUT2D eigenvalue weighted by Crippen LogP contribution is -2.07. The van der Waals surface area contributed by atoms with Gasteiger partial charge in [-0.25, -0.2) is 4.79 Å². The first-order valence-corrected chi connectivity index (χ1v) is 4.23. The van der Waals surface area contributed by atoms with Crippen molar-refractivity contribution in [3.63, 3.8) is 0 Å². The van der Waals surface area contributed by atoms with Crippen molar-refractivity contribution in [2.24, 2.45) is 0 Å². The summed E-state index contributed by atoms with van der Waals surface area (Å²) in [6.07, 6.45) is 0. The average Bonchev–Trinajstić information content (AvgIpc) is 2.26. The van der Waals surface area contributed by atoms with Gasteiger partial charge in [-0.1, -0.05) is 0 Å². The number of carbonyl (C=O) groups excluding carboxylic acids is 1. The SMILES string of the molecule is COC(=O)c1c(OC)cc(N)cc1OC. The lowest BCUT2D eigenvalue weighted by molar-refractivity contribution is 0.0593. The molecule has 0 aromatic heterocycles. The van der Waals surface area contributed by atoms with E-state index in [0.29, 0.717) is 17.2 Å². The predicted octanol–water partition coefficient (Wildman–Crippen LogP) is 1.07. The van der Waals surface area contributed by atoms with E-state index < -0.39 is 5.97 Å². The van der Waals surface area contributed by atoms with E-state index in [2.05, 4.69) is 4.74 Å². The quantitative estimate of drug-likeness (QED) is 0.598. The number of ether oxygens (including phenoxy) is 3. The van der Waals surface area contributed by atoms with E-state index in [9.17, 15) is 4.79 Å². The van der Waals surface area contributed by atoms with Gasteiger partial charge in [0, 0.05) is 17.8 Å². The van der Waals surface area contributed by atoms with Crippen LogP contribution in [0, 0.1) is 0 Å². The van der Waals surface area contributed by atoms with Crippen LogP contribution in [0.3, 0.4) is 0 Å². The Bertz CT molecular complexity index is 351. The minimum Gasteiger partial charge on any atom is -0.496 e. The summed E-state index contributed by atoms with van der Waals surface area (Å²) in [5.74, 6) is 0.140. The molecule has 0 saturated heterocycles. The van der Waals surface area contributed by atoms with Crippen LogP contribution in [-0.4, -0.2) is 27.3 Å². The van der Waals surface area contributed by atoms with Crippen molar-refractivity contribution < 1.29 is 19.0 Å². The number of rotatable bonds is 3. The Labute approximate surface area is 87.7 Å². The molecule has 0 bridgehead atoms. The van der Waals surface area contributed by atoms with E-state index >= 15 is 0 Å². The van der Waals surface area contributed by atoms with Crippen LogP contribution in [-0.2, 0) is 4.74 Å². The Kier molecular flexibility index (Phi) is 3.38. The predicted molar refractivity (Wildman–Crippen MR) is 55.3 cm³/mol. The van der Waals surface area contributed by atoms with Crippen molar-refractivity contribution in [3.8, 4) is 11.5 Å². The summed E-state index contributed by atoms with van der Waals surface area (Å²) in [6, 6.07) is 3.07. The molecule has 15 heavy (non-hydrogen) atoms. The smallest absolute Gasteiger partial charge is 0.345 e. The summed E-state index contributed by atoms with van der Waals surface area (Å²) < 4.78 is 14.7. The molecule has 0 fully saturated rings. The molecule has 1 aromatic carbocycles. The van der Waals surface area contributed by atoms with Crippen LogP contribution in [0.4, 0.5) is 5.69 Å². The second-order valence-corrected chi connectivity index (χ2v) is 2.79. The molecule has 0 atom stereocenters. The third kappa shape index (κ3) is 2.12. The molecule has 0 aliphatic heterocycles. The minimum absolute atomic E-state index is 0.233. The number of methoxy groups -OCH3 is 3. The zero-order chi connectivity index (χ0) is 11.4. The maximum atomic E-state index is 11.5. The number of esters is 1. The average molecular weight is 211 g/mol. The van der Waals surface area contributed by atoms with Crippen molar-refractivity contribution in [3.05, 3.63) is 17.7 Å². The fourth-order valence-electron chi connectivity index (χ4n) is 1.24. The molecule has 0 heterocycles. The number of carbonyl (C=O) groups is 1. The molecule has 2 N–H and O–H groups in total. The molecule has 0 unspecified atom stereocenters. The summed E-state index contributed by atoms with van der Waals surface area (Å²) >= 11 is 0. The first-order valence-electron chi connectivity index (χ1n) is 4.23. The number of benzene rings is 1. The number of hydrogen-bond acceptors (Lipinski definition) is 5. The van der Waals surface area contributed by atoms with Crippen LogP contribution in [0.15, 0.2) is 12.1 Å². The van der Waals surface area contributed by atoms with Crippen molar-refractivity contribution >= 4 is 11.7 Å². The lowest BCUT2D eigenvalue weighted by atomic mass is 10.1. The van der Waals surface area contributed by atoms with Gasteiger partial charge in [0.1, 0.15) is 17.1 Å². The fourth-order valence-corrected chi connectivity index (χ4v) is 1.24. The van der Waals surface area contributed by atoms with Crippen molar-refractivity contribution in [1.82, 2.24) is 0 Å². The molecule has 1 rings (SSSR count). The van der Waals surface area contributed by atoms with Gasteiger partial charge in [-0.15, -0.1) is 0 Å². The number of hydrogen-bond donors (Lipinski definition) is 1. The summed E-state index contributed by atoms with van der Waals surface area (Å²) in [5.41, 5.74) is 6.30. The van der Waals surface area contributed by atoms with E-state index in [1.165, 1.54) is 33.5 Å². The molecule has 5 heteroatoms. The van der Waals surface area contributed by atoms with Crippen molar-refractivity contribution in [1.29, 1.82) is 0 Å². The molecule has 0 saturated carbocycles. The molecule has 0 aliphatic carbocycles. The van der Waals surface area contributed by atoms with Gasteiger partial charge >= 0.3 is 5.97 Å². The summed E-state index contributed by atoms with van der Waals surface area (Å²) in [7, 11) is 4.18. The Morgan fingerprint density at radius 2 is 1.60 bits per heavy atom. The highest BCUT2D eigenvalue weighted by Crippen LogP contribution is 2.32. The van der Waals surface area contributed by atoms with Crippen molar-refractivity contribution in [2.75, 3.05) is 27.1 Å². The first kappa shape index (κ1) is 11.2. The molecule has 0 amide bonds. The molecule has 82 valence electrons. The normalized spacial score (nSPS) is 9.53. The second kappa shape index (κ2) is 4.54. The first-order chi connectivity index (χ1) is 7.13. The van der Waals surface area contributed by atoms with Gasteiger partial charge in [0.05, 0.1) is 21.3 Å². The topological polar surface area (TPSA) is 70.8 Å². The van der Waals surface area contributed by atoms with Gasteiger partial charge in [0.2, 0.25) is 0 Å². The number of nitrogens with two attached hydrogens (primary N) is 1.